The van der Waals surface area contributed by atoms with E-state index in [-0.39, 0.29) is 6.04 Å². The lowest BCUT2D eigenvalue weighted by Crippen LogP contribution is -2.54. The van der Waals surface area contributed by atoms with Crippen molar-refractivity contribution >= 4 is 5.97 Å². The molecule has 1 aliphatic carbocycles. The van der Waals surface area contributed by atoms with Crippen LogP contribution in [-0.2, 0) is 4.79 Å². The summed E-state index contributed by atoms with van der Waals surface area (Å²) in [6, 6.07) is 0.194. The zero-order valence-electron chi connectivity index (χ0n) is 13.6. The Morgan fingerprint density at radius 1 is 1.40 bits per heavy atom. The molecule has 0 aromatic carbocycles. The molecule has 0 spiro atoms. The van der Waals surface area contributed by atoms with Gasteiger partial charge in [0.25, 0.3) is 0 Å². The van der Waals surface area contributed by atoms with Crippen LogP contribution in [-0.4, -0.2) is 47.2 Å². The minimum Gasteiger partial charge on any atom is -0.480 e. The predicted molar refractivity (Wildman–Crippen MR) is 83.0 cm³/mol. The molecule has 0 aromatic rings. The van der Waals surface area contributed by atoms with Gasteiger partial charge in [-0.1, -0.05) is 13.8 Å². The van der Waals surface area contributed by atoms with Crippen LogP contribution in [0, 0.1) is 5.92 Å². The quantitative estimate of drug-likeness (QED) is 0.612. The van der Waals surface area contributed by atoms with E-state index >= 15 is 0 Å². The van der Waals surface area contributed by atoms with Crippen molar-refractivity contribution in [3.05, 3.63) is 0 Å². The molecular weight excluding hydrogens is 252 g/mol. The second-order valence-corrected chi connectivity index (χ2v) is 6.48. The normalized spacial score (nSPS) is 18.5. The summed E-state index contributed by atoms with van der Waals surface area (Å²) >= 11 is 0. The highest BCUT2D eigenvalue weighted by Gasteiger charge is 2.36. The zero-order chi connectivity index (χ0) is 15.2. The van der Waals surface area contributed by atoms with E-state index in [4.69, 9.17) is 0 Å². The Balaban J connectivity index is 2.45. The summed E-state index contributed by atoms with van der Waals surface area (Å²) in [7, 11) is 0. The highest BCUT2D eigenvalue weighted by Crippen LogP contribution is 2.30. The minimum absolute atomic E-state index is 0.194. The van der Waals surface area contributed by atoms with E-state index in [1.165, 1.54) is 19.4 Å². The van der Waals surface area contributed by atoms with Crippen LogP contribution in [0.15, 0.2) is 0 Å². The Bertz CT molecular complexity index is 303. The molecule has 4 heteroatoms. The van der Waals surface area contributed by atoms with Crippen molar-refractivity contribution in [2.45, 2.75) is 71.4 Å². The SMILES string of the molecule is CCN(CCCC(CC)(NC(C)C)C(=O)O)CC1CC1. The smallest absolute Gasteiger partial charge is 0.323 e. The maximum atomic E-state index is 11.6. The van der Waals surface area contributed by atoms with Gasteiger partial charge in [-0.3, -0.25) is 10.1 Å². The lowest BCUT2D eigenvalue weighted by Gasteiger charge is -2.32. The lowest BCUT2D eigenvalue weighted by atomic mass is 9.89. The molecule has 0 aliphatic heterocycles. The van der Waals surface area contributed by atoms with Crippen LogP contribution in [0.1, 0.15) is 59.8 Å². The zero-order valence-corrected chi connectivity index (χ0v) is 13.6. The summed E-state index contributed by atoms with van der Waals surface area (Å²) in [6.07, 6.45) is 5.03. The molecule has 20 heavy (non-hydrogen) atoms. The molecule has 0 bridgehead atoms. The van der Waals surface area contributed by atoms with Gasteiger partial charge in [0.05, 0.1) is 0 Å². The van der Waals surface area contributed by atoms with E-state index in [9.17, 15) is 9.90 Å². The van der Waals surface area contributed by atoms with E-state index in [1.54, 1.807) is 0 Å². The van der Waals surface area contributed by atoms with E-state index in [0.717, 1.165) is 25.4 Å². The maximum Gasteiger partial charge on any atom is 0.323 e. The van der Waals surface area contributed by atoms with E-state index in [1.807, 2.05) is 20.8 Å². The minimum atomic E-state index is -0.757. The van der Waals surface area contributed by atoms with Gasteiger partial charge in [-0.2, -0.15) is 0 Å². The molecule has 2 N–H and O–H groups in total. The molecule has 1 aliphatic rings. The summed E-state index contributed by atoms with van der Waals surface area (Å²) in [5, 5.41) is 12.8. The van der Waals surface area contributed by atoms with Crippen molar-refractivity contribution in [2.75, 3.05) is 19.6 Å². The van der Waals surface area contributed by atoms with E-state index in [0.29, 0.717) is 12.8 Å². The molecule has 0 aromatic heterocycles. The number of rotatable bonds is 11. The molecule has 0 heterocycles. The van der Waals surface area contributed by atoms with Crippen molar-refractivity contribution in [2.24, 2.45) is 5.92 Å². The van der Waals surface area contributed by atoms with Gasteiger partial charge in [-0.05, 0) is 65.0 Å². The first-order chi connectivity index (χ1) is 9.43. The fourth-order valence-corrected chi connectivity index (χ4v) is 2.87. The Labute approximate surface area is 123 Å². The summed E-state index contributed by atoms with van der Waals surface area (Å²) < 4.78 is 0. The summed E-state index contributed by atoms with van der Waals surface area (Å²) in [5.74, 6) is 0.193. The van der Waals surface area contributed by atoms with Crippen LogP contribution in [0.25, 0.3) is 0 Å². The van der Waals surface area contributed by atoms with Crippen molar-refractivity contribution in [3.8, 4) is 0 Å². The molecule has 1 rings (SSSR count). The third-order valence-corrected chi connectivity index (χ3v) is 4.32. The van der Waals surface area contributed by atoms with Gasteiger partial charge < -0.3 is 10.0 Å². The second kappa shape index (κ2) is 7.99. The first kappa shape index (κ1) is 17.4. The molecule has 0 amide bonds. The molecule has 4 nitrogen and oxygen atoms in total. The predicted octanol–water partition coefficient (Wildman–Crippen LogP) is 2.73. The number of carbonyl (C=O) groups is 1. The maximum absolute atomic E-state index is 11.6. The molecule has 1 saturated carbocycles. The van der Waals surface area contributed by atoms with Crippen LogP contribution >= 0.6 is 0 Å². The van der Waals surface area contributed by atoms with Crippen LogP contribution in [0.2, 0.25) is 0 Å². The molecule has 1 fully saturated rings. The van der Waals surface area contributed by atoms with Gasteiger partial charge >= 0.3 is 5.97 Å². The van der Waals surface area contributed by atoms with Crippen molar-refractivity contribution in [1.29, 1.82) is 0 Å². The molecule has 0 radical (unpaired) electrons. The van der Waals surface area contributed by atoms with Crippen LogP contribution in [0.3, 0.4) is 0 Å². The number of carboxylic acid groups (broad SMARTS) is 1. The largest absolute Gasteiger partial charge is 0.480 e. The topological polar surface area (TPSA) is 52.6 Å². The fraction of sp³-hybridized carbons (Fsp3) is 0.938. The number of aliphatic carboxylic acids is 1. The van der Waals surface area contributed by atoms with Crippen molar-refractivity contribution in [3.63, 3.8) is 0 Å². The number of carboxylic acids is 1. The van der Waals surface area contributed by atoms with E-state index < -0.39 is 11.5 Å². The Kier molecular flexibility index (Phi) is 6.96. The number of hydrogen-bond acceptors (Lipinski definition) is 3. The standard InChI is InChI=1S/C16H32N2O2/c1-5-16(15(19)20,17-13(3)4)10-7-11-18(6-2)12-14-8-9-14/h13-14,17H,5-12H2,1-4H3,(H,19,20). The first-order valence-corrected chi connectivity index (χ1v) is 8.17. The van der Waals surface area contributed by atoms with Gasteiger partial charge in [-0.15, -0.1) is 0 Å². The lowest BCUT2D eigenvalue weighted by molar-refractivity contribution is -0.145. The monoisotopic (exact) mass is 284 g/mol. The number of nitrogens with zero attached hydrogens (tertiary/aromatic N) is 1. The Morgan fingerprint density at radius 3 is 2.45 bits per heavy atom. The summed E-state index contributed by atoms with van der Waals surface area (Å²) in [4.78, 5) is 14.1. The summed E-state index contributed by atoms with van der Waals surface area (Å²) in [5.41, 5.74) is -0.757. The number of hydrogen-bond donors (Lipinski definition) is 2. The molecular formula is C16H32N2O2. The van der Waals surface area contributed by atoms with Crippen molar-refractivity contribution in [1.82, 2.24) is 10.2 Å². The molecule has 0 saturated heterocycles. The van der Waals surface area contributed by atoms with Gasteiger partial charge in [-0.25, -0.2) is 0 Å². The second-order valence-electron chi connectivity index (χ2n) is 6.48. The van der Waals surface area contributed by atoms with Gasteiger partial charge in [0.1, 0.15) is 5.54 Å². The Morgan fingerprint density at radius 2 is 2.05 bits per heavy atom. The molecule has 1 unspecified atom stereocenters. The average molecular weight is 284 g/mol. The fourth-order valence-electron chi connectivity index (χ4n) is 2.87. The van der Waals surface area contributed by atoms with Crippen molar-refractivity contribution < 1.29 is 9.90 Å². The third-order valence-electron chi connectivity index (χ3n) is 4.32. The van der Waals surface area contributed by atoms with Crippen LogP contribution in [0.4, 0.5) is 0 Å². The number of nitrogens with one attached hydrogen (secondary N) is 1. The van der Waals surface area contributed by atoms with Gasteiger partial charge in [0.2, 0.25) is 0 Å². The van der Waals surface area contributed by atoms with E-state index in [2.05, 4.69) is 17.1 Å². The summed E-state index contributed by atoms with van der Waals surface area (Å²) in [6.45, 7) is 11.5. The highest BCUT2D eigenvalue weighted by molar-refractivity contribution is 5.78. The van der Waals surface area contributed by atoms with Gasteiger partial charge in [0.15, 0.2) is 0 Å². The third kappa shape index (κ3) is 5.41. The molecule has 1 atom stereocenters. The average Bonchev–Trinajstić information content (AvgIpc) is 3.19. The molecule has 118 valence electrons. The highest BCUT2D eigenvalue weighted by atomic mass is 16.4. The Hall–Kier alpha value is -0.610. The van der Waals surface area contributed by atoms with Gasteiger partial charge in [0, 0.05) is 12.6 Å². The first-order valence-electron chi connectivity index (χ1n) is 8.17. The van der Waals surface area contributed by atoms with Crippen LogP contribution in [0.5, 0.6) is 0 Å². The van der Waals surface area contributed by atoms with Crippen LogP contribution < -0.4 is 5.32 Å².